The Bertz CT molecular complexity index is 419. The number of aromatic hydroxyl groups is 1. The van der Waals surface area contributed by atoms with Gasteiger partial charge in [0.1, 0.15) is 0 Å². The molecule has 2 nitrogen and oxygen atoms in total. The fourth-order valence-electron chi connectivity index (χ4n) is 1.38. The quantitative estimate of drug-likeness (QED) is 0.768. The maximum absolute atomic E-state index is 11.6. The molecule has 0 fully saturated rings. The van der Waals surface area contributed by atoms with E-state index >= 15 is 0 Å². The molecule has 0 aliphatic rings. The van der Waals surface area contributed by atoms with E-state index in [4.69, 9.17) is 0 Å². The molecule has 1 N–H and O–H groups in total. The third-order valence-corrected chi connectivity index (χ3v) is 2.34. The summed E-state index contributed by atoms with van der Waals surface area (Å²) in [6, 6.07) is 5.18. The van der Waals surface area contributed by atoms with Crippen molar-refractivity contribution in [2.75, 3.05) is 0 Å². The number of allylic oxidation sites excluding steroid dienone is 1. The third kappa shape index (κ3) is 2.69. The molecule has 1 aromatic carbocycles. The number of hydrogen-bond acceptors (Lipinski definition) is 2. The van der Waals surface area contributed by atoms with Gasteiger partial charge in [-0.3, -0.25) is 4.79 Å². The van der Waals surface area contributed by atoms with Crippen molar-refractivity contribution < 1.29 is 5.11 Å². The van der Waals surface area contributed by atoms with Gasteiger partial charge in [0.15, 0.2) is 5.75 Å². The topological polar surface area (TPSA) is 37.3 Å². The average Bonchev–Trinajstić information content (AvgIpc) is 2.31. The first-order valence-electron chi connectivity index (χ1n) is 5.03. The van der Waals surface area contributed by atoms with Gasteiger partial charge >= 0.3 is 0 Å². The summed E-state index contributed by atoms with van der Waals surface area (Å²) < 4.78 is 0. The zero-order chi connectivity index (χ0) is 11.4. The maximum atomic E-state index is 11.6. The summed E-state index contributed by atoms with van der Waals surface area (Å²) in [6.45, 7) is 7.62. The van der Waals surface area contributed by atoms with Gasteiger partial charge in [0.2, 0.25) is 5.43 Å². The Labute approximate surface area is 89.9 Å². The Morgan fingerprint density at radius 1 is 1.47 bits per heavy atom. The lowest BCUT2D eigenvalue weighted by Gasteiger charge is -2.00. The Balaban J connectivity index is 3.37. The van der Waals surface area contributed by atoms with Crippen molar-refractivity contribution in [2.45, 2.75) is 26.2 Å². The van der Waals surface area contributed by atoms with Crippen molar-refractivity contribution in [1.29, 1.82) is 0 Å². The largest absolute Gasteiger partial charge is 0.504 e. The molecule has 0 atom stereocenters. The predicted molar refractivity (Wildman–Crippen MR) is 62.4 cm³/mol. The van der Waals surface area contributed by atoms with Crippen molar-refractivity contribution in [3.05, 3.63) is 52.2 Å². The van der Waals surface area contributed by atoms with Crippen LogP contribution < -0.4 is 5.43 Å². The van der Waals surface area contributed by atoms with E-state index in [1.165, 1.54) is 0 Å². The smallest absolute Gasteiger partial charge is 0.223 e. The van der Waals surface area contributed by atoms with Gasteiger partial charge in [0.25, 0.3) is 0 Å². The van der Waals surface area contributed by atoms with Crippen LogP contribution in [0.2, 0.25) is 0 Å². The van der Waals surface area contributed by atoms with Gasteiger partial charge < -0.3 is 5.11 Å². The van der Waals surface area contributed by atoms with Crippen LogP contribution in [-0.4, -0.2) is 5.11 Å². The normalized spacial score (nSPS) is 10.3. The molecule has 0 saturated heterocycles. The van der Waals surface area contributed by atoms with Crippen LogP contribution in [0.4, 0.5) is 0 Å². The van der Waals surface area contributed by atoms with Gasteiger partial charge in [0.05, 0.1) is 0 Å². The second-order valence-electron chi connectivity index (χ2n) is 3.86. The molecule has 80 valence electrons. The monoisotopic (exact) mass is 204 g/mol. The van der Waals surface area contributed by atoms with E-state index in [9.17, 15) is 9.90 Å². The van der Waals surface area contributed by atoms with E-state index in [0.29, 0.717) is 17.9 Å². The molecular formula is C13H16O2. The highest BCUT2D eigenvalue weighted by Crippen LogP contribution is 2.16. The Morgan fingerprint density at radius 2 is 2.13 bits per heavy atom. The molecule has 0 aromatic heterocycles. The highest BCUT2D eigenvalue weighted by atomic mass is 16.3. The van der Waals surface area contributed by atoms with Crippen LogP contribution in [0.25, 0.3) is 0 Å². The molecular weight excluding hydrogens is 188 g/mol. The fourth-order valence-corrected chi connectivity index (χ4v) is 1.38. The van der Waals surface area contributed by atoms with Crippen LogP contribution in [-0.2, 0) is 6.42 Å². The molecule has 1 rings (SSSR count). The molecule has 0 unspecified atom stereocenters. The van der Waals surface area contributed by atoms with Crippen molar-refractivity contribution in [3.8, 4) is 5.75 Å². The van der Waals surface area contributed by atoms with Crippen LogP contribution in [0.3, 0.4) is 0 Å². The summed E-state index contributed by atoms with van der Waals surface area (Å²) in [5, 5.41) is 9.57. The van der Waals surface area contributed by atoms with Crippen LogP contribution in [0.15, 0.2) is 35.6 Å². The van der Waals surface area contributed by atoms with E-state index in [2.05, 4.69) is 6.58 Å². The lowest BCUT2D eigenvalue weighted by molar-refractivity contribution is 0.469. The molecule has 1 aromatic rings. The van der Waals surface area contributed by atoms with Gasteiger partial charge in [-0.1, -0.05) is 32.1 Å². The molecule has 0 aliphatic carbocycles. The zero-order valence-corrected chi connectivity index (χ0v) is 9.16. The summed E-state index contributed by atoms with van der Waals surface area (Å²) in [4.78, 5) is 11.6. The van der Waals surface area contributed by atoms with Crippen LogP contribution in [0.5, 0.6) is 5.75 Å². The Hall–Kier alpha value is -1.57. The molecule has 0 spiro atoms. The Morgan fingerprint density at radius 3 is 2.67 bits per heavy atom. The minimum Gasteiger partial charge on any atom is -0.504 e. The van der Waals surface area contributed by atoms with Crippen molar-refractivity contribution in [1.82, 2.24) is 0 Å². The summed E-state index contributed by atoms with van der Waals surface area (Å²) >= 11 is 0. The summed E-state index contributed by atoms with van der Waals surface area (Å²) in [6.07, 6.45) is 2.14. The predicted octanol–water partition coefficient (Wildman–Crippen LogP) is 2.60. The van der Waals surface area contributed by atoms with Crippen molar-refractivity contribution >= 4 is 0 Å². The second kappa shape index (κ2) is 4.78. The Kier molecular flexibility index (Phi) is 3.67. The highest BCUT2D eigenvalue weighted by Gasteiger charge is 2.04. The standard InChI is InChI=1S/C13H16O2/c1-4-5-10-6-7-11(9(2)3)8-12(14)13(10)15/h4,6-9H,1,5H2,2-3H3,(H,14,15). The van der Waals surface area contributed by atoms with Gasteiger partial charge in [-0.15, -0.1) is 6.58 Å². The first-order valence-corrected chi connectivity index (χ1v) is 5.03. The molecule has 0 bridgehead atoms. The van der Waals surface area contributed by atoms with Crippen LogP contribution in [0, 0.1) is 0 Å². The van der Waals surface area contributed by atoms with E-state index in [1.807, 2.05) is 19.9 Å². The van der Waals surface area contributed by atoms with E-state index in [1.54, 1.807) is 18.2 Å². The second-order valence-corrected chi connectivity index (χ2v) is 3.86. The number of hydrogen-bond donors (Lipinski definition) is 1. The first-order chi connectivity index (χ1) is 7.06. The molecule has 15 heavy (non-hydrogen) atoms. The SMILES string of the molecule is C=CCc1ccc(C(C)C)cc(O)c1=O. The molecule has 0 heterocycles. The average molecular weight is 204 g/mol. The lowest BCUT2D eigenvalue weighted by atomic mass is 10.1. The maximum Gasteiger partial charge on any atom is 0.223 e. The van der Waals surface area contributed by atoms with Gasteiger partial charge in [-0.25, -0.2) is 0 Å². The minimum absolute atomic E-state index is 0.180. The molecule has 2 heteroatoms. The summed E-state index contributed by atoms with van der Waals surface area (Å²) in [5.41, 5.74) is 1.23. The molecule has 0 amide bonds. The van der Waals surface area contributed by atoms with Crippen LogP contribution in [0.1, 0.15) is 30.9 Å². The van der Waals surface area contributed by atoms with E-state index < -0.39 is 0 Å². The van der Waals surface area contributed by atoms with Gasteiger partial charge in [-0.05, 0) is 24.0 Å². The van der Waals surface area contributed by atoms with Crippen molar-refractivity contribution in [3.63, 3.8) is 0 Å². The first kappa shape index (κ1) is 11.5. The highest BCUT2D eigenvalue weighted by molar-refractivity contribution is 5.33. The van der Waals surface area contributed by atoms with Gasteiger partial charge in [-0.2, -0.15) is 0 Å². The minimum atomic E-state index is -0.304. The van der Waals surface area contributed by atoms with Crippen molar-refractivity contribution in [2.24, 2.45) is 0 Å². The zero-order valence-electron chi connectivity index (χ0n) is 9.16. The van der Waals surface area contributed by atoms with E-state index in [0.717, 1.165) is 5.56 Å². The fraction of sp³-hybridized carbons (Fsp3) is 0.308. The molecule has 0 aliphatic heterocycles. The molecule has 0 saturated carbocycles. The summed E-state index contributed by atoms with van der Waals surface area (Å²) in [5.74, 6) is 0.111. The van der Waals surface area contributed by atoms with Crippen LogP contribution >= 0.6 is 0 Å². The lowest BCUT2D eigenvalue weighted by Crippen LogP contribution is -2.03. The number of rotatable bonds is 3. The third-order valence-electron chi connectivity index (χ3n) is 2.34. The van der Waals surface area contributed by atoms with E-state index in [-0.39, 0.29) is 11.2 Å². The summed E-state index contributed by atoms with van der Waals surface area (Å²) in [7, 11) is 0. The molecule has 0 radical (unpaired) electrons. The van der Waals surface area contributed by atoms with Gasteiger partial charge in [0, 0.05) is 5.56 Å².